The molecule has 0 saturated heterocycles. The molecule has 0 heterocycles. The van der Waals surface area contributed by atoms with Gasteiger partial charge in [-0.25, -0.2) is 0 Å². The fourth-order valence-corrected chi connectivity index (χ4v) is 2.23. The van der Waals surface area contributed by atoms with Crippen molar-refractivity contribution in [1.29, 1.82) is 0 Å². The Morgan fingerprint density at radius 1 is 1.40 bits per heavy atom. The average Bonchev–Trinajstić information content (AvgIpc) is 2.27. The molecule has 0 aliphatic heterocycles. The molecule has 0 aromatic heterocycles. The average molecular weight is 230 g/mol. The van der Waals surface area contributed by atoms with Crippen LogP contribution in [0.1, 0.15) is 17.2 Å². The van der Waals surface area contributed by atoms with Gasteiger partial charge in [-0.05, 0) is 16.5 Å². The predicted octanol–water partition coefficient (Wildman–Crippen LogP) is 2.53. The van der Waals surface area contributed by atoms with Crippen molar-refractivity contribution in [2.45, 2.75) is 11.7 Å². The van der Waals surface area contributed by atoms with E-state index in [4.69, 9.17) is 0 Å². The molecule has 1 aromatic rings. The van der Waals surface area contributed by atoms with Crippen molar-refractivity contribution in [3.8, 4) is 0 Å². The molecule has 0 fully saturated rings. The van der Waals surface area contributed by atoms with Gasteiger partial charge >= 0.3 is 10.1 Å². The smallest absolute Gasteiger partial charge is 0.196 e. The van der Waals surface area contributed by atoms with Gasteiger partial charge in [0.25, 0.3) is 0 Å². The van der Waals surface area contributed by atoms with E-state index in [0.29, 0.717) is 5.56 Å². The molecule has 0 saturated carbocycles. The Morgan fingerprint density at radius 3 is 2.47 bits per heavy atom. The number of hydrogen-bond acceptors (Lipinski definition) is 3. The van der Waals surface area contributed by atoms with Crippen LogP contribution in [-0.2, 0) is 14.5 Å². The van der Waals surface area contributed by atoms with Crippen LogP contribution in [0.5, 0.6) is 0 Å². The molecule has 1 atom stereocenters. The van der Waals surface area contributed by atoms with Gasteiger partial charge in [0.15, 0.2) is 0 Å². The SMILES string of the molecule is C=CCC(c1ccccc1)S(=O)(=O)OF. The monoisotopic (exact) mass is 230 g/mol. The summed E-state index contributed by atoms with van der Waals surface area (Å²) >= 11 is 0. The topological polar surface area (TPSA) is 43.4 Å². The summed E-state index contributed by atoms with van der Waals surface area (Å²) in [7, 11) is -4.21. The molecule has 0 spiro atoms. The highest BCUT2D eigenvalue weighted by Gasteiger charge is 2.27. The fraction of sp³-hybridized carbons (Fsp3) is 0.200. The largest absolute Gasteiger partial charge is 0.305 e. The standard InChI is InChI=1S/C10H11FO3S/c1-2-6-10(15(12,13)14-11)9-7-4-3-5-8-9/h2-5,7-8,10H,1,6H2. The van der Waals surface area contributed by atoms with Gasteiger partial charge in [0, 0.05) is 0 Å². The van der Waals surface area contributed by atoms with Gasteiger partial charge in [0.1, 0.15) is 5.25 Å². The number of benzene rings is 1. The van der Waals surface area contributed by atoms with Gasteiger partial charge in [0.05, 0.1) is 0 Å². The number of halogens is 1. The Hall–Kier alpha value is -1.20. The molecule has 82 valence electrons. The van der Waals surface area contributed by atoms with Crippen LogP contribution in [-0.4, -0.2) is 8.42 Å². The second kappa shape index (κ2) is 5.04. The minimum absolute atomic E-state index is 0.107. The first-order valence-electron chi connectivity index (χ1n) is 4.31. The second-order valence-electron chi connectivity index (χ2n) is 2.98. The molecule has 1 aromatic carbocycles. The fourth-order valence-electron chi connectivity index (χ4n) is 1.28. The maximum Gasteiger partial charge on any atom is 0.305 e. The first-order chi connectivity index (χ1) is 7.11. The molecule has 0 aliphatic rings. The van der Waals surface area contributed by atoms with Gasteiger partial charge < -0.3 is 0 Å². The summed E-state index contributed by atoms with van der Waals surface area (Å²) < 4.78 is 37.4. The van der Waals surface area contributed by atoms with Crippen molar-refractivity contribution >= 4 is 10.1 Å². The lowest BCUT2D eigenvalue weighted by Gasteiger charge is -2.12. The Balaban J connectivity index is 3.09. The molecule has 0 N–H and O–H groups in total. The van der Waals surface area contributed by atoms with E-state index in [9.17, 15) is 12.9 Å². The van der Waals surface area contributed by atoms with Crippen LogP contribution in [0, 0.1) is 0 Å². The van der Waals surface area contributed by atoms with Crippen LogP contribution in [0.2, 0.25) is 0 Å². The summed E-state index contributed by atoms with van der Waals surface area (Å²) in [5.74, 6) is 0. The van der Waals surface area contributed by atoms with Gasteiger partial charge in [-0.1, -0.05) is 40.8 Å². The molecule has 0 amide bonds. The molecule has 5 heteroatoms. The third-order valence-corrected chi connectivity index (χ3v) is 3.33. The number of hydrogen-bond donors (Lipinski definition) is 0. The van der Waals surface area contributed by atoms with E-state index >= 15 is 0 Å². The zero-order chi connectivity index (χ0) is 11.3. The zero-order valence-corrected chi connectivity index (χ0v) is 8.78. The summed E-state index contributed by atoms with van der Waals surface area (Å²) in [5.41, 5.74) is 0.482. The van der Waals surface area contributed by atoms with E-state index < -0.39 is 15.4 Å². The minimum atomic E-state index is -4.21. The van der Waals surface area contributed by atoms with Crippen LogP contribution in [0.15, 0.2) is 43.0 Å². The van der Waals surface area contributed by atoms with Crippen molar-refractivity contribution < 1.29 is 17.3 Å². The van der Waals surface area contributed by atoms with E-state index in [1.54, 1.807) is 30.3 Å². The Labute approximate surface area is 88.2 Å². The van der Waals surface area contributed by atoms with E-state index in [2.05, 4.69) is 11.0 Å². The highest BCUT2D eigenvalue weighted by Crippen LogP contribution is 2.27. The third kappa shape index (κ3) is 2.87. The maximum absolute atomic E-state index is 11.9. The van der Waals surface area contributed by atoms with E-state index in [1.807, 2.05) is 0 Å². The molecule has 3 nitrogen and oxygen atoms in total. The van der Waals surface area contributed by atoms with Crippen LogP contribution >= 0.6 is 0 Å². The maximum atomic E-state index is 11.9. The molecular weight excluding hydrogens is 219 g/mol. The van der Waals surface area contributed by atoms with E-state index in [-0.39, 0.29) is 6.42 Å². The number of allylic oxidation sites excluding steroid dienone is 1. The molecule has 1 rings (SSSR count). The summed E-state index contributed by atoms with van der Waals surface area (Å²) in [4.78, 5) is 0. The summed E-state index contributed by atoms with van der Waals surface area (Å²) in [6.07, 6.45) is 1.52. The molecule has 15 heavy (non-hydrogen) atoms. The third-order valence-electron chi connectivity index (χ3n) is 1.99. The second-order valence-corrected chi connectivity index (χ2v) is 4.66. The van der Waals surface area contributed by atoms with Crippen molar-refractivity contribution in [3.63, 3.8) is 0 Å². The van der Waals surface area contributed by atoms with Crippen molar-refractivity contribution in [3.05, 3.63) is 48.6 Å². The Morgan fingerprint density at radius 2 is 2.00 bits per heavy atom. The van der Waals surface area contributed by atoms with Crippen LogP contribution in [0.3, 0.4) is 0 Å². The first kappa shape index (κ1) is 11.9. The van der Waals surface area contributed by atoms with Crippen LogP contribution < -0.4 is 0 Å². The molecule has 0 radical (unpaired) electrons. The zero-order valence-electron chi connectivity index (χ0n) is 7.97. The van der Waals surface area contributed by atoms with Crippen LogP contribution in [0.4, 0.5) is 4.53 Å². The molecular formula is C10H11FO3S. The lowest BCUT2D eigenvalue weighted by Crippen LogP contribution is -2.12. The summed E-state index contributed by atoms with van der Waals surface area (Å²) in [6.45, 7) is 3.43. The molecule has 0 bridgehead atoms. The van der Waals surface area contributed by atoms with Crippen molar-refractivity contribution in [1.82, 2.24) is 0 Å². The summed E-state index contributed by atoms with van der Waals surface area (Å²) in [5, 5.41) is -1.04. The van der Waals surface area contributed by atoms with Gasteiger partial charge in [-0.15, -0.1) is 6.58 Å². The first-order valence-corrected chi connectivity index (χ1v) is 5.79. The minimum Gasteiger partial charge on any atom is -0.196 e. The lowest BCUT2D eigenvalue weighted by atomic mass is 10.1. The van der Waals surface area contributed by atoms with Crippen molar-refractivity contribution in [2.24, 2.45) is 0 Å². The van der Waals surface area contributed by atoms with E-state index in [0.717, 1.165) is 0 Å². The summed E-state index contributed by atoms with van der Waals surface area (Å²) in [6, 6.07) is 8.31. The van der Waals surface area contributed by atoms with Gasteiger partial charge in [-0.2, -0.15) is 8.42 Å². The normalized spacial score (nSPS) is 13.4. The highest BCUT2D eigenvalue weighted by atomic mass is 32.2. The van der Waals surface area contributed by atoms with Gasteiger partial charge in [0.2, 0.25) is 0 Å². The Bertz CT molecular complexity index is 414. The number of rotatable bonds is 5. The molecule has 1 unspecified atom stereocenters. The highest BCUT2D eigenvalue weighted by molar-refractivity contribution is 7.86. The van der Waals surface area contributed by atoms with Crippen LogP contribution in [0.25, 0.3) is 0 Å². The quantitative estimate of drug-likeness (QED) is 0.730. The predicted molar refractivity (Wildman–Crippen MR) is 55.1 cm³/mol. The molecule has 0 aliphatic carbocycles. The van der Waals surface area contributed by atoms with Gasteiger partial charge in [-0.3, -0.25) is 0 Å². The Kier molecular flexibility index (Phi) is 3.99. The van der Waals surface area contributed by atoms with E-state index in [1.165, 1.54) is 6.08 Å². The lowest BCUT2D eigenvalue weighted by molar-refractivity contribution is 0.00103. The van der Waals surface area contributed by atoms with Crippen molar-refractivity contribution in [2.75, 3.05) is 0 Å².